The molecule has 5 atom stereocenters. The van der Waals surface area contributed by atoms with Crippen LogP contribution in [-0.4, -0.2) is 56.5 Å². The van der Waals surface area contributed by atoms with E-state index in [0.29, 0.717) is 5.56 Å². The molecule has 100 valence electrons. The lowest BCUT2D eigenvalue weighted by Crippen LogP contribution is -2.62. The number of benzene rings is 1. The van der Waals surface area contributed by atoms with Gasteiger partial charge in [-0.25, -0.2) is 0 Å². The van der Waals surface area contributed by atoms with Crippen LogP contribution in [0.4, 0.5) is 0 Å². The third-order valence-electron chi connectivity index (χ3n) is 3.27. The summed E-state index contributed by atoms with van der Waals surface area (Å²) in [6, 6.07) is 4.86. The van der Waals surface area contributed by atoms with Gasteiger partial charge in [-0.15, -0.1) is 0 Å². The molecule has 0 aliphatic carbocycles. The third kappa shape index (κ3) is 2.33. The first-order valence-electron chi connectivity index (χ1n) is 5.74. The van der Waals surface area contributed by atoms with Crippen molar-refractivity contribution in [3.63, 3.8) is 0 Å². The van der Waals surface area contributed by atoms with E-state index in [1.807, 2.05) is 0 Å². The molecule has 1 heterocycles. The fourth-order valence-corrected chi connectivity index (χ4v) is 2.24. The lowest BCUT2D eigenvalue weighted by Gasteiger charge is -2.41. The van der Waals surface area contributed by atoms with Crippen LogP contribution in [0, 0.1) is 0 Å². The van der Waals surface area contributed by atoms with Crippen molar-refractivity contribution in [1.82, 2.24) is 5.32 Å². The first kappa shape index (κ1) is 13.3. The normalized spacial score (nSPS) is 36.6. The Morgan fingerprint density at radius 3 is 2.39 bits per heavy atom. The van der Waals surface area contributed by atoms with Crippen LogP contribution >= 0.6 is 0 Å². The molecule has 1 aromatic carbocycles. The summed E-state index contributed by atoms with van der Waals surface area (Å²) in [4.78, 5) is 0. The van der Waals surface area contributed by atoms with Crippen molar-refractivity contribution in [2.45, 2.75) is 30.4 Å². The number of hydrogen-bond acceptors (Lipinski definition) is 6. The fraction of sp³-hybridized carbons (Fsp3) is 0.500. The lowest BCUT2D eigenvalue weighted by atomic mass is 9.87. The van der Waals surface area contributed by atoms with Crippen LogP contribution < -0.4 is 5.32 Å². The maximum absolute atomic E-state index is 9.93. The molecule has 18 heavy (non-hydrogen) atoms. The molecule has 6 N–H and O–H groups in total. The van der Waals surface area contributed by atoms with Gasteiger partial charge in [0.15, 0.2) is 0 Å². The Bertz CT molecular complexity index is 411. The maximum Gasteiger partial charge on any atom is 0.115 e. The molecule has 0 bridgehead atoms. The molecule has 0 saturated carbocycles. The first-order valence-corrected chi connectivity index (χ1v) is 5.74. The van der Waals surface area contributed by atoms with Crippen LogP contribution in [0.5, 0.6) is 5.75 Å². The number of phenolic OH excluding ortho intramolecular Hbond substituents is 1. The number of rotatable bonds is 2. The SMILES string of the molecule is OC[C@H]1N[C@@H](c2cccc(O)c2)[C@@H](O)[C@@H](O)[C@@H]1O. The van der Waals surface area contributed by atoms with Gasteiger partial charge < -0.3 is 30.8 Å². The number of aliphatic hydroxyl groups is 4. The van der Waals surface area contributed by atoms with E-state index in [2.05, 4.69) is 5.32 Å². The molecular formula is C12H17NO5. The van der Waals surface area contributed by atoms with E-state index < -0.39 is 30.4 Å². The van der Waals surface area contributed by atoms with Crippen molar-refractivity contribution in [2.24, 2.45) is 0 Å². The zero-order valence-electron chi connectivity index (χ0n) is 9.64. The van der Waals surface area contributed by atoms with E-state index in [-0.39, 0.29) is 12.4 Å². The standard InChI is InChI=1S/C12H17NO5/c14-5-8-10(16)12(18)11(17)9(13-8)6-2-1-3-7(15)4-6/h1-4,8-18H,5H2/t8-,9+,10-,11-,12+/m1/s1. The number of aliphatic hydroxyl groups excluding tert-OH is 4. The highest BCUT2D eigenvalue weighted by Gasteiger charge is 2.42. The van der Waals surface area contributed by atoms with E-state index >= 15 is 0 Å². The summed E-state index contributed by atoms with van der Waals surface area (Å²) in [6.07, 6.45) is -3.81. The summed E-state index contributed by atoms with van der Waals surface area (Å²) in [7, 11) is 0. The van der Waals surface area contributed by atoms with E-state index in [1.165, 1.54) is 12.1 Å². The minimum absolute atomic E-state index is 0.0441. The molecule has 1 aliphatic heterocycles. The van der Waals surface area contributed by atoms with Crippen LogP contribution in [0.15, 0.2) is 24.3 Å². The van der Waals surface area contributed by atoms with Crippen molar-refractivity contribution in [3.8, 4) is 5.75 Å². The maximum atomic E-state index is 9.93. The summed E-state index contributed by atoms with van der Waals surface area (Å²) >= 11 is 0. The number of aromatic hydroxyl groups is 1. The molecule has 0 unspecified atom stereocenters. The Morgan fingerprint density at radius 2 is 1.78 bits per heavy atom. The molecule has 0 radical (unpaired) electrons. The summed E-state index contributed by atoms with van der Waals surface area (Å²) in [5.41, 5.74) is 0.576. The van der Waals surface area contributed by atoms with E-state index in [4.69, 9.17) is 5.11 Å². The van der Waals surface area contributed by atoms with Gasteiger partial charge in [-0.3, -0.25) is 0 Å². The average Bonchev–Trinajstić information content (AvgIpc) is 2.36. The smallest absolute Gasteiger partial charge is 0.115 e. The summed E-state index contributed by atoms with van der Waals surface area (Å²) < 4.78 is 0. The van der Waals surface area contributed by atoms with Crippen LogP contribution in [0.2, 0.25) is 0 Å². The van der Waals surface area contributed by atoms with Crippen LogP contribution in [-0.2, 0) is 0 Å². The summed E-state index contributed by atoms with van der Waals surface area (Å²) in [6.45, 7) is -0.361. The van der Waals surface area contributed by atoms with E-state index in [1.54, 1.807) is 12.1 Å². The molecule has 0 spiro atoms. The molecule has 1 saturated heterocycles. The monoisotopic (exact) mass is 255 g/mol. The topological polar surface area (TPSA) is 113 Å². The minimum Gasteiger partial charge on any atom is -0.508 e. The number of phenols is 1. The summed E-state index contributed by atoms with van der Waals surface area (Å²) in [5.74, 6) is 0.0441. The Balaban J connectivity index is 2.27. The van der Waals surface area contributed by atoms with Crippen molar-refractivity contribution in [1.29, 1.82) is 0 Å². The fourth-order valence-electron chi connectivity index (χ4n) is 2.24. The minimum atomic E-state index is -1.35. The molecule has 6 nitrogen and oxygen atoms in total. The number of nitrogens with one attached hydrogen (secondary N) is 1. The summed E-state index contributed by atoms with van der Waals surface area (Å²) in [5, 5.41) is 50.7. The predicted octanol–water partition coefficient (Wildman–Crippen LogP) is -1.52. The van der Waals surface area contributed by atoms with Crippen LogP contribution in [0.1, 0.15) is 11.6 Å². The Morgan fingerprint density at radius 1 is 1.06 bits per heavy atom. The number of piperidine rings is 1. The first-order chi connectivity index (χ1) is 8.54. The zero-order valence-corrected chi connectivity index (χ0v) is 9.64. The van der Waals surface area contributed by atoms with E-state index in [9.17, 15) is 20.4 Å². The molecule has 2 rings (SSSR count). The second-order valence-electron chi connectivity index (χ2n) is 4.50. The van der Waals surface area contributed by atoms with Gasteiger partial charge in [0.25, 0.3) is 0 Å². The van der Waals surface area contributed by atoms with Crippen LogP contribution in [0.25, 0.3) is 0 Å². The zero-order chi connectivity index (χ0) is 13.3. The molecule has 6 heteroatoms. The number of hydrogen-bond donors (Lipinski definition) is 6. The van der Waals surface area contributed by atoms with E-state index in [0.717, 1.165) is 0 Å². The van der Waals surface area contributed by atoms with Gasteiger partial charge in [-0.05, 0) is 17.7 Å². The molecule has 0 aromatic heterocycles. The Labute approximate surface area is 104 Å². The van der Waals surface area contributed by atoms with Gasteiger partial charge in [-0.2, -0.15) is 0 Å². The molecule has 1 aromatic rings. The highest BCUT2D eigenvalue weighted by atomic mass is 16.4. The second-order valence-corrected chi connectivity index (χ2v) is 4.50. The van der Waals surface area contributed by atoms with Gasteiger partial charge in [0.2, 0.25) is 0 Å². The average molecular weight is 255 g/mol. The predicted molar refractivity (Wildman–Crippen MR) is 62.9 cm³/mol. The van der Waals surface area contributed by atoms with Gasteiger partial charge in [0.05, 0.1) is 24.8 Å². The molecular weight excluding hydrogens is 238 g/mol. The van der Waals surface area contributed by atoms with Gasteiger partial charge >= 0.3 is 0 Å². The van der Waals surface area contributed by atoms with Gasteiger partial charge in [0.1, 0.15) is 18.0 Å². The Hall–Kier alpha value is -1.18. The molecule has 1 fully saturated rings. The van der Waals surface area contributed by atoms with Crippen molar-refractivity contribution < 1.29 is 25.5 Å². The largest absolute Gasteiger partial charge is 0.508 e. The molecule has 0 amide bonds. The second kappa shape index (κ2) is 5.21. The highest BCUT2D eigenvalue weighted by Crippen LogP contribution is 2.28. The quantitative estimate of drug-likeness (QED) is 0.383. The van der Waals surface area contributed by atoms with Crippen molar-refractivity contribution in [3.05, 3.63) is 29.8 Å². The Kier molecular flexibility index (Phi) is 3.84. The van der Waals surface area contributed by atoms with Gasteiger partial charge in [0, 0.05) is 0 Å². The molecule has 1 aliphatic rings. The van der Waals surface area contributed by atoms with Crippen molar-refractivity contribution in [2.75, 3.05) is 6.61 Å². The third-order valence-corrected chi connectivity index (χ3v) is 3.27. The lowest BCUT2D eigenvalue weighted by molar-refractivity contribution is -0.120. The van der Waals surface area contributed by atoms with Crippen molar-refractivity contribution >= 4 is 0 Å². The van der Waals surface area contributed by atoms with Gasteiger partial charge in [-0.1, -0.05) is 12.1 Å². The van der Waals surface area contributed by atoms with Crippen LogP contribution in [0.3, 0.4) is 0 Å². The highest BCUT2D eigenvalue weighted by molar-refractivity contribution is 5.31.